The van der Waals surface area contributed by atoms with Crippen LogP contribution in [0, 0.1) is 6.92 Å². The summed E-state index contributed by atoms with van der Waals surface area (Å²) >= 11 is 6.27. The van der Waals surface area contributed by atoms with E-state index in [1.807, 2.05) is 42.2 Å². The van der Waals surface area contributed by atoms with Crippen LogP contribution in [0.15, 0.2) is 54.2 Å². The fraction of sp³-hybridized carbons (Fsp3) is 0.304. The van der Waals surface area contributed by atoms with Gasteiger partial charge in [-0.1, -0.05) is 48.0 Å². The predicted octanol–water partition coefficient (Wildman–Crippen LogP) is 3.53. The molecule has 6 nitrogen and oxygen atoms in total. The molecule has 0 unspecified atom stereocenters. The zero-order chi connectivity index (χ0) is 21.7. The van der Waals surface area contributed by atoms with Gasteiger partial charge in [0.15, 0.2) is 0 Å². The number of ether oxygens (including phenoxy) is 2. The second-order valence-electron chi connectivity index (χ2n) is 6.94. The Balaban J connectivity index is 2.11. The largest absolute Gasteiger partial charge is 0.383 e. The zero-order valence-corrected chi connectivity index (χ0v) is 18.1. The van der Waals surface area contributed by atoms with E-state index in [2.05, 4.69) is 0 Å². The quantitative estimate of drug-likeness (QED) is 0.572. The standard InChI is InChI=1S/C23H25ClN2O4/c1-16-9-10-18(15-19(16)24)26-22(27)20(17-7-5-4-6-8-17)21(23(26)28)25(11-13-29-2)12-14-30-3/h4-10,15H,11-14H2,1-3H3. The molecule has 0 saturated heterocycles. The average molecular weight is 429 g/mol. The molecule has 2 amide bonds. The summed E-state index contributed by atoms with van der Waals surface area (Å²) < 4.78 is 10.4. The van der Waals surface area contributed by atoms with Gasteiger partial charge in [0.2, 0.25) is 0 Å². The van der Waals surface area contributed by atoms with E-state index in [4.69, 9.17) is 21.1 Å². The molecule has 0 atom stereocenters. The summed E-state index contributed by atoms with van der Waals surface area (Å²) in [5.41, 5.74) is 2.72. The number of imide groups is 1. The lowest BCUT2D eigenvalue weighted by atomic mass is 10.0. The maximum absolute atomic E-state index is 13.5. The van der Waals surface area contributed by atoms with E-state index in [0.29, 0.717) is 53.8 Å². The third-order valence-corrected chi connectivity index (χ3v) is 5.39. The molecule has 0 saturated carbocycles. The van der Waals surface area contributed by atoms with Crippen molar-refractivity contribution in [3.8, 4) is 0 Å². The molecule has 0 N–H and O–H groups in total. The number of anilines is 1. The summed E-state index contributed by atoms with van der Waals surface area (Å²) in [5.74, 6) is -0.757. The van der Waals surface area contributed by atoms with Crippen molar-refractivity contribution in [1.29, 1.82) is 0 Å². The summed E-state index contributed by atoms with van der Waals surface area (Å²) in [6.45, 7) is 3.59. The van der Waals surface area contributed by atoms with Gasteiger partial charge in [0.25, 0.3) is 11.8 Å². The van der Waals surface area contributed by atoms with Crippen molar-refractivity contribution in [1.82, 2.24) is 4.90 Å². The SMILES string of the molecule is COCCN(CCOC)C1=C(c2ccccc2)C(=O)N(c2ccc(C)c(Cl)c2)C1=O. The number of halogens is 1. The van der Waals surface area contributed by atoms with Crippen LogP contribution in [0.4, 0.5) is 5.69 Å². The highest BCUT2D eigenvalue weighted by atomic mass is 35.5. The molecule has 0 spiro atoms. The molecular weight excluding hydrogens is 404 g/mol. The summed E-state index contributed by atoms with van der Waals surface area (Å²) in [5, 5.41) is 0.499. The van der Waals surface area contributed by atoms with Crippen molar-refractivity contribution in [3.05, 3.63) is 70.4 Å². The Morgan fingerprint density at radius 1 is 0.933 bits per heavy atom. The fourth-order valence-corrected chi connectivity index (χ4v) is 3.55. The molecule has 1 aliphatic heterocycles. The minimum absolute atomic E-state index is 0.344. The van der Waals surface area contributed by atoms with Crippen molar-refractivity contribution < 1.29 is 19.1 Å². The first-order valence-corrected chi connectivity index (χ1v) is 10.0. The van der Waals surface area contributed by atoms with Crippen LogP contribution in [0.5, 0.6) is 0 Å². The van der Waals surface area contributed by atoms with Crippen LogP contribution in [0.1, 0.15) is 11.1 Å². The van der Waals surface area contributed by atoms with E-state index in [1.54, 1.807) is 32.4 Å². The summed E-state index contributed by atoms with van der Waals surface area (Å²) in [4.78, 5) is 30.1. The Bertz CT molecular complexity index is 951. The van der Waals surface area contributed by atoms with Gasteiger partial charge in [0.1, 0.15) is 5.70 Å². The first kappa shape index (κ1) is 22.0. The van der Waals surface area contributed by atoms with Crippen LogP contribution in [0.2, 0.25) is 5.02 Å². The second-order valence-corrected chi connectivity index (χ2v) is 7.35. The number of carbonyl (C=O) groups is 2. The monoisotopic (exact) mass is 428 g/mol. The van der Waals surface area contributed by atoms with Gasteiger partial charge >= 0.3 is 0 Å². The van der Waals surface area contributed by atoms with Gasteiger partial charge in [-0.05, 0) is 30.2 Å². The van der Waals surface area contributed by atoms with Crippen LogP contribution in [0.25, 0.3) is 5.57 Å². The molecular formula is C23H25ClN2O4. The van der Waals surface area contributed by atoms with E-state index < -0.39 is 0 Å². The van der Waals surface area contributed by atoms with Crippen LogP contribution in [-0.2, 0) is 19.1 Å². The maximum Gasteiger partial charge on any atom is 0.282 e. The summed E-state index contributed by atoms with van der Waals surface area (Å²) in [6, 6.07) is 14.4. The molecule has 0 fully saturated rings. The van der Waals surface area contributed by atoms with Crippen molar-refractivity contribution in [2.24, 2.45) is 0 Å². The van der Waals surface area contributed by atoms with E-state index in [9.17, 15) is 9.59 Å². The normalized spacial score (nSPS) is 14.1. The van der Waals surface area contributed by atoms with Gasteiger partial charge in [-0.3, -0.25) is 9.59 Å². The van der Waals surface area contributed by atoms with Crippen LogP contribution < -0.4 is 4.90 Å². The number of carbonyl (C=O) groups excluding carboxylic acids is 2. The number of hydrogen-bond donors (Lipinski definition) is 0. The average Bonchev–Trinajstić information content (AvgIpc) is 3.01. The topological polar surface area (TPSA) is 59.1 Å². The highest BCUT2D eigenvalue weighted by Crippen LogP contribution is 2.35. The maximum atomic E-state index is 13.5. The lowest BCUT2D eigenvalue weighted by Crippen LogP contribution is -2.37. The first-order chi connectivity index (χ1) is 14.5. The van der Waals surface area contributed by atoms with Gasteiger partial charge in [-0.25, -0.2) is 4.90 Å². The summed E-state index contributed by atoms with van der Waals surface area (Å²) in [7, 11) is 3.20. The van der Waals surface area contributed by atoms with Crippen molar-refractivity contribution in [2.75, 3.05) is 45.4 Å². The van der Waals surface area contributed by atoms with Gasteiger partial charge < -0.3 is 14.4 Å². The molecule has 2 aromatic rings. The van der Waals surface area contributed by atoms with Crippen molar-refractivity contribution in [3.63, 3.8) is 0 Å². The summed E-state index contributed by atoms with van der Waals surface area (Å²) in [6.07, 6.45) is 0. The van der Waals surface area contributed by atoms with Crippen LogP contribution in [0.3, 0.4) is 0 Å². The Kier molecular flexibility index (Phi) is 7.26. The Hall–Kier alpha value is -2.67. The minimum atomic E-state index is -0.383. The molecule has 7 heteroatoms. The first-order valence-electron chi connectivity index (χ1n) is 9.67. The van der Waals surface area contributed by atoms with Crippen molar-refractivity contribution in [2.45, 2.75) is 6.92 Å². The van der Waals surface area contributed by atoms with Crippen molar-refractivity contribution >= 4 is 34.7 Å². The Labute approximate surface area is 181 Å². The number of benzene rings is 2. The number of nitrogens with zero attached hydrogens (tertiary/aromatic N) is 2. The van der Waals surface area contributed by atoms with E-state index in [0.717, 1.165) is 5.56 Å². The number of methoxy groups -OCH3 is 2. The molecule has 2 aromatic carbocycles. The molecule has 158 valence electrons. The van der Waals surface area contributed by atoms with Crippen LogP contribution >= 0.6 is 11.6 Å². The smallest absolute Gasteiger partial charge is 0.282 e. The van der Waals surface area contributed by atoms with E-state index in [-0.39, 0.29) is 11.8 Å². The highest BCUT2D eigenvalue weighted by Gasteiger charge is 2.42. The fourth-order valence-electron chi connectivity index (χ4n) is 3.37. The molecule has 30 heavy (non-hydrogen) atoms. The second kappa shape index (κ2) is 9.89. The van der Waals surface area contributed by atoms with E-state index in [1.165, 1.54) is 4.90 Å². The van der Waals surface area contributed by atoms with E-state index >= 15 is 0 Å². The Morgan fingerprint density at radius 3 is 2.13 bits per heavy atom. The number of rotatable bonds is 9. The lowest BCUT2D eigenvalue weighted by molar-refractivity contribution is -0.120. The Morgan fingerprint density at radius 2 is 1.57 bits per heavy atom. The molecule has 0 bridgehead atoms. The van der Waals surface area contributed by atoms with Gasteiger partial charge in [-0.15, -0.1) is 0 Å². The van der Waals surface area contributed by atoms with Gasteiger partial charge in [0, 0.05) is 32.3 Å². The molecule has 3 rings (SSSR count). The highest BCUT2D eigenvalue weighted by molar-refractivity contribution is 6.45. The molecule has 0 radical (unpaired) electrons. The molecule has 0 aromatic heterocycles. The van der Waals surface area contributed by atoms with Crippen LogP contribution in [-0.4, -0.2) is 57.2 Å². The third-order valence-electron chi connectivity index (χ3n) is 4.98. The molecule has 1 aliphatic rings. The number of aryl methyl sites for hydroxylation is 1. The minimum Gasteiger partial charge on any atom is -0.383 e. The lowest BCUT2D eigenvalue weighted by Gasteiger charge is -2.25. The number of hydrogen-bond acceptors (Lipinski definition) is 5. The molecule has 0 aliphatic carbocycles. The third kappa shape index (κ3) is 4.41. The number of amides is 2. The van der Waals surface area contributed by atoms with Gasteiger partial charge in [-0.2, -0.15) is 0 Å². The zero-order valence-electron chi connectivity index (χ0n) is 17.4. The molecule has 1 heterocycles. The van der Waals surface area contributed by atoms with Gasteiger partial charge in [0.05, 0.1) is 24.5 Å². The predicted molar refractivity (Wildman–Crippen MR) is 117 cm³/mol.